The molecule has 5 heteroatoms. The SMILES string of the molecule is O=C(CCc1ccccc1)NCc1ccc(-c2nc3ccccc3s2)o1. The minimum absolute atomic E-state index is 0.0202. The van der Waals surface area contributed by atoms with Crippen LogP contribution in [0.4, 0.5) is 0 Å². The van der Waals surface area contributed by atoms with Crippen LogP contribution in [0.25, 0.3) is 21.0 Å². The molecule has 4 rings (SSSR count). The molecular formula is C21H18N2O2S. The van der Waals surface area contributed by atoms with Crippen molar-refractivity contribution in [2.45, 2.75) is 19.4 Å². The van der Waals surface area contributed by atoms with E-state index in [4.69, 9.17) is 4.42 Å². The molecule has 0 aliphatic rings. The van der Waals surface area contributed by atoms with Crippen LogP contribution in [0.1, 0.15) is 17.7 Å². The molecule has 0 fully saturated rings. The molecule has 0 radical (unpaired) electrons. The number of aromatic nitrogens is 1. The van der Waals surface area contributed by atoms with Crippen molar-refractivity contribution >= 4 is 27.5 Å². The Hall–Kier alpha value is -2.92. The highest BCUT2D eigenvalue weighted by atomic mass is 32.1. The van der Waals surface area contributed by atoms with E-state index in [2.05, 4.69) is 10.3 Å². The molecule has 4 aromatic rings. The summed E-state index contributed by atoms with van der Waals surface area (Å²) in [5.74, 6) is 1.49. The van der Waals surface area contributed by atoms with E-state index in [1.807, 2.05) is 66.7 Å². The molecule has 2 heterocycles. The lowest BCUT2D eigenvalue weighted by Gasteiger charge is -2.03. The molecule has 0 saturated carbocycles. The van der Waals surface area contributed by atoms with Crippen molar-refractivity contribution in [2.75, 3.05) is 0 Å². The zero-order valence-electron chi connectivity index (χ0n) is 14.1. The topological polar surface area (TPSA) is 55.1 Å². The van der Waals surface area contributed by atoms with Crippen molar-refractivity contribution in [3.8, 4) is 10.8 Å². The summed E-state index contributed by atoms with van der Waals surface area (Å²) < 4.78 is 6.98. The number of thiazole rings is 1. The number of carbonyl (C=O) groups is 1. The fourth-order valence-corrected chi connectivity index (χ4v) is 3.67. The first-order chi connectivity index (χ1) is 12.8. The molecule has 0 spiro atoms. The summed E-state index contributed by atoms with van der Waals surface area (Å²) in [4.78, 5) is 16.6. The Kier molecular flexibility index (Phi) is 4.80. The Bertz CT molecular complexity index is 988. The van der Waals surface area contributed by atoms with Gasteiger partial charge in [-0.1, -0.05) is 42.5 Å². The number of fused-ring (bicyclic) bond motifs is 1. The number of benzene rings is 2. The summed E-state index contributed by atoms with van der Waals surface area (Å²) in [7, 11) is 0. The van der Waals surface area contributed by atoms with Crippen LogP contribution in [0.15, 0.2) is 71.1 Å². The highest BCUT2D eigenvalue weighted by Gasteiger charge is 2.11. The molecule has 1 N–H and O–H groups in total. The molecule has 0 saturated heterocycles. The molecular weight excluding hydrogens is 344 g/mol. The number of hydrogen-bond acceptors (Lipinski definition) is 4. The van der Waals surface area contributed by atoms with E-state index >= 15 is 0 Å². The Labute approximate surface area is 155 Å². The molecule has 0 aliphatic heterocycles. The first-order valence-corrected chi connectivity index (χ1v) is 9.35. The van der Waals surface area contributed by atoms with Gasteiger partial charge < -0.3 is 9.73 Å². The van der Waals surface area contributed by atoms with E-state index in [0.717, 1.165) is 33.2 Å². The van der Waals surface area contributed by atoms with Gasteiger partial charge in [0.05, 0.1) is 16.8 Å². The summed E-state index contributed by atoms with van der Waals surface area (Å²) in [5, 5.41) is 3.77. The zero-order valence-corrected chi connectivity index (χ0v) is 15.0. The number of para-hydroxylation sites is 1. The smallest absolute Gasteiger partial charge is 0.220 e. The van der Waals surface area contributed by atoms with Crippen molar-refractivity contribution in [1.82, 2.24) is 10.3 Å². The number of amides is 1. The van der Waals surface area contributed by atoms with Crippen LogP contribution in [0.2, 0.25) is 0 Å². The Morgan fingerprint density at radius 2 is 1.81 bits per heavy atom. The van der Waals surface area contributed by atoms with Crippen molar-refractivity contribution < 1.29 is 9.21 Å². The van der Waals surface area contributed by atoms with Crippen LogP contribution in [0, 0.1) is 0 Å². The number of nitrogens with zero attached hydrogens (tertiary/aromatic N) is 1. The highest BCUT2D eigenvalue weighted by molar-refractivity contribution is 7.21. The second-order valence-electron chi connectivity index (χ2n) is 6.02. The van der Waals surface area contributed by atoms with Crippen molar-refractivity contribution in [2.24, 2.45) is 0 Å². The van der Waals surface area contributed by atoms with E-state index in [-0.39, 0.29) is 5.91 Å². The fraction of sp³-hybridized carbons (Fsp3) is 0.143. The van der Waals surface area contributed by atoms with Gasteiger partial charge in [-0.15, -0.1) is 11.3 Å². The van der Waals surface area contributed by atoms with E-state index < -0.39 is 0 Å². The van der Waals surface area contributed by atoms with Gasteiger partial charge in [-0.25, -0.2) is 4.98 Å². The van der Waals surface area contributed by atoms with Gasteiger partial charge >= 0.3 is 0 Å². The number of rotatable bonds is 6. The minimum atomic E-state index is 0.0202. The molecule has 0 unspecified atom stereocenters. The van der Waals surface area contributed by atoms with Gasteiger partial charge in [-0.3, -0.25) is 4.79 Å². The van der Waals surface area contributed by atoms with E-state index in [9.17, 15) is 4.79 Å². The van der Waals surface area contributed by atoms with E-state index in [0.29, 0.717) is 13.0 Å². The predicted octanol–water partition coefficient (Wildman–Crippen LogP) is 4.81. The molecule has 4 nitrogen and oxygen atoms in total. The summed E-state index contributed by atoms with van der Waals surface area (Å²) in [5.41, 5.74) is 2.14. The maximum Gasteiger partial charge on any atom is 0.220 e. The summed E-state index contributed by atoms with van der Waals surface area (Å²) >= 11 is 1.60. The average molecular weight is 362 g/mol. The van der Waals surface area contributed by atoms with Gasteiger partial charge in [0.1, 0.15) is 5.76 Å². The number of hydrogen-bond donors (Lipinski definition) is 1. The largest absolute Gasteiger partial charge is 0.457 e. The summed E-state index contributed by atoms with van der Waals surface area (Å²) in [6, 6.07) is 21.8. The first-order valence-electron chi connectivity index (χ1n) is 8.53. The van der Waals surface area contributed by atoms with Crippen molar-refractivity contribution in [3.05, 3.63) is 78.1 Å². The quantitative estimate of drug-likeness (QED) is 0.536. The maximum atomic E-state index is 12.0. The molecule has 2 aromatic heterocycles. The van der Waals surface area contributed by atoms with Crippen molar-refractivity contribution in [1.29, 1.82) is 0 Å². The third kappa shape index (κ3) is 3.83. The van der Waals surface area contributed by atoms with Gasteiger partial charge in [-0.05, 0) is 36.2 Å². The van der Waals surface area contributed by atoms with Crippen LogP contribution in [0.3, 0.4) is 0 Å². The molecule has 0 bridgehead atoms. The van der Waals surface area contributed by atoms with Crippen LogP contribution in [0.5, 0.6) is 0 Å². The lowest BCUT2D eigenvalue weighted by molar-refractivity contribution is -0.121. The van der Waals surface area contributed by atoms with Crippen molar-refractivity contribution in [3.63, 3.8) is 0 Å². The van der Waals surface area contributed by atoms with E-state index in [1.165, 1.54) is 5.56 Å². The number of carbonyl (C=O) groups excluding carboxylic acids is 1. The number of furan rings is 1. The van der Waals surface area contributed by atoms with Gasteiger partial charge in [-0.2, -0.15) is 0 Å². The standard InChI is InChI=1S/C21H18N2O2S/c24-20(13-10-15-6-2-1-3-7-15)22-14-16-11-12-18(25-16)21-23-17-8-4-5-9-19(17)26-21/h1-9,11-12H,10,13-14H2,(H,22,24). The molecule has 2 aromatic carbocycles. The Morgan fingerprint density at radius 3 is 2.65 bits per heavy atom. The third-order valence-corrected chi connectivity index (χ3v) is 5.16. The molecule has 26 heavy (non-hydrogen) atoms. The van der Waals surface area contributed by atoms with Gasteiger partial charge in [0.2, 0.25) is 5.91 Å². The minimum Gasteiger partial charge on any atom is -0.457 e. The number of nitrogens with one attached hydrogen (secondary N) is 1. The monoisotopic (exact) mass is 362 g/mol. The molecule has 0 aliphatic carbocycles. The summed E-state index contributed by atoms with van der Waals surface area (Å²) in [6.07, 6.45) is 1.21. The lowest BCUT2D eigenvalue weighted by Crippen LogP contribution is -2.22. The second-order valence-corrected chi connectivity index (χ2v) is 7.05. The van der Waals surface area contributed by atoms with Crippen LogP contribution >= 0.6 is 11.3 Å². The lowest BCUT2D eigenvalue weighted by atomic mass is 10.1. The van der Waals surface area contributed by atoms with Crippen LogP contribution < -0.4 is 5.32 Å². The Balaban J connectivity index is 1.34. The summed E-state index contributed by atoms with van der Waals surface area (Å²) in [6.45, 7) is 0.387. The van der Waals surface area contributed by atoms with Gasteiger partial charge in [0.15, 0.2) is 10.8 Å². The Morgan fingerprint density at radius 1 is 1.00 bits per heavy atom. The molecule has 0 atom stereocenters. The van der Waals surface area contributed by atoms with Crippen LogP contribution in [-0.4, -0.2) is 10.9 Å². The zero-order chi connectivity index (χ0) is 17.8. The van der Waals surface area contributed by atoms with Gasteiger partial charge in [0, 0.05) is 6.42 Å². The second kappa shape index (κ2) is 7.54. The normalized spacial score (nSPS) is 10.9. The van der Waals surface area contributed by atoms with Crippen LogP contribution in [-0.2, 0) is 17.8 Å². The third-order valence-electron chi connectivity index (χ3n) is 4.11. The highest BCUT2D eigenvalue weighted by Crippen LogP contribution is 2.31. The fourth-order valence-electron chi connectivity index (χ4n) is 2.74. The molecule has 1 amide bonds. The van der Waals surface area contributed by atoms with Gasteiger partial charge in [0.25, 0.3) is 0 Å². The first kappa shape index (κ1) is 16.5. The van der Waals surface area contributed by atoms with E-state index in [1.54, 1.807) is 11.3 Å². The molecule has 130 valence electrons. The number of aryl methyl sites for hydroxylation is 1. The average Bonchev–Trinajstić information content (AvgIpc) is 3.32. The predicted molar refractivity (Wildman–Crippen MR) is 104 cm³/mol. The maximum absolute atomic E-state index is 12.0.